The van der Waals surface area contributed by atoms with Gasteiger partial charge in [0.25, 0.3) is 0 Å². The monoisotopic (exact) mass is 375 g/mol. The Morgan fingerprint density at radius 1 is 1.35 bits per heavy atom. The molecule has 1 spiro atoms. The molecule has 3 atom stereocenters. The van der Waals surface area contributed by atoms with Gasteiger partial charge in [-0.1, -0.05) is 24.6 Å². The highest BCUT2D eigenvalue weighted by molar-refractivity contribution is 6.35. The molecule has 1 aliphatic carbocycles. The van der Waals surface area contributed by atoms with Gasteiger partial charge in [-0.3, -0.25) is 9.78 Å². The molecule has 1 N–H and O–H groups in total. The molecule has 1 aromatic carbocycles. The Bertz CT molecular complexity index is 915. The van der Waals surface area contributed by atoms with Crippen LogP contribution in [0.2, 0.25) is 5.02 Å². The second-order valence-electron chi connectivity index (χ2n) is 6.57. The van der Waals surface area contributed by atoms with Gasteiger partial charge < -0.3 is 19.3 Å². The third-order valence-corrected chi connectivity index (χ3v) is 5.66. The second-order valence-corrected chi connectivity index (χ2v) is 6.95. The van der Waals surface area contributed by atoms with Crippen LogP contribution >= 0.6 is 11.6 Å². The zero-order chi connectivity index (χ0) is 18.6. The van der Waals surface area contributed by atoms with Crippen LogP contribution in [0.1, 0.15) is 34.6 Å². The second kappa shape index (κ2) is 5.86. The van der Waals surface area contributed by atoms with Gasteiger partial charge in [-0.15, -0.1) is 0 Å². The number of aromatic nitrogens is 1. The number of benzene rings is 1. The summed E-state index contributed by atoms with van der Waals surface area (Å²) in [4.78, 5) is 17.8. The summed E-state index contributed by atoms with van der Waals surface area (Å²) in [5.74, 6) is 0.174. The number of hydrogen-bond acceptors (Lipinski definition) is 6. The van der Waals surface area contributed by atoms with Crippen LogP contribution in [0.3, 0.4) is 0 Å². The summed E-state index contributed by atoms with van der Waals surface area (Å²) in [6, 6.07) is 5.05. The van der Waals surface area contributed by atoms with Crippen molar-refractivity contribution < 1.29 is 24.1 Å². The van der Waals surface area contributed by atoms with Crippen molar-refractivity contribution in [2.75, 3.05) is 14.2 Å². The first-order valence-electron chi connectivity index (χ1n) is 8.25. The van der Waals surface area contributed by atoms with Gasteiger partial charge in [0.1, 0.15) is 28.2 Å². The van der Waals surface area contributed by atoms with Gasteiger partial charge in [0, 0.05) is 29.4 Å². The van der Waals surface area contributed by atoms with Crippen LogP contribution < -0.4 is 14.2 Å². The number of Topliss-reactive ketones (excluding diaryl/α,β-unsaturated/α-hetero) is 1. The Hall–Kier alpha value is -2.31. The summed E-state index contributed by atoms with van der Waals surface area (Å²) >= 11 is 6.39. The van der Waals surface area contributed by atoms with Crippen molar-refractivity contribution >= 4 is 17.4 Å². The molecule has 2 aliphatic rings. The lowest BCUT2D eigenvalue weighted by molar-refractivity contribution is -0.0642. The molecule has 2 heterocycles. The number of rotatable bonds is 2. The molecule has 0 radical (unpaired) electrons. The lowest BCUT2D eigenvalue weighted by atomic mass is 9.70. The van der Waals surface area contributed by atoms with Crippen LogP contribution in [0, 0.1) is 5.92 Å². The fourth-order valence-electron chi connectivity index (χ4n) is 3.94. The lowest BCUT2D eigenvalue weighted by Crippen LogP contribution is -2.54. The van der Waals surface area contributed by atoms with Crippen LogP contribution in [0.25, 0.3) is 0 Å². The van der Waals surface area contributed by atoms with Gasteiger partial charge in [0.15, 0.2) is 5.75 Å². The highest BCUT2D eigenvalue weighted by atomic mass is 35.5. The molecule has 1 aliphatic heterocycles. The molecular weight excluding hydrogens is 358 g/mol. The van der Waals surface area contributed by atoms with Crippen molar-refractivity contribution in [3.63, 3.8) is 0 Å². The minimum absolute atomic E-state index is 0.185. The molecule has 6 nitrogen and oxygen atoms in total. The van der Waals surface area contributed by atoms with Crippen LogP contribution in [0.15, 0.2) is 24.4 Å². The number of ketones is 1. The molecule has 0 saturated heterocycles. The number of aliphatic hydroxyl groups excluding tert-OH is 1. The van der Waals surface area contributed by atoms with E-state index in [1.807, 2.05) is 6.92 Å². The van der Waals surface area contributed by atoms with Crippen molar-refractivity contribution in [1.82, 2.24) is 4.98 Å². The molecule has 0 bridgehead atoms. The van der Waals surface area contributed by atoms with Gasteiger partial charge in [0.05, 0.1) is 14.2 Å². The van der Waals surface area contributed by atoms with Crippen molar-refractivity contribution in [1.29, 1.82) is 0 Å². The molecule has 26 heavy (non-hydrogen) atoms. The first-order chi connectivity index (χ1) is 12.5. The molecule has 4 rings (SSSR count). The van der Waals surface area contributed by atoms with Crippen LogP contribution in [-0.2, 0) is 6.42 Å². The maximum absolute atomic E-state index is 13.5. The topological polar surface area (TPSA) is 77.9 Å². The van der Waals surface area contributed by atoms with E-state index in [1.54, 1.807) is 24.4 Å². The van der Waals surface area contributed by atoms with E-state index < -0.39 is 11.7 Å². The maximum atomic E-state index is 13.5. The third-order valence-electron chi connectivity index (χ3n) is 5.30. The zero-order valence-corrected chi connectivity index (χ0v) is 15.3. The number of nitrogens with zero attached hydrogens (tertiary/aromatic N) is 1. The molecule has 1 aromatic heterocycles. The summed E-state index contributed by atoms with van der Waals surface area (Å²) < 4.78 is 16.7. The minimum atomic E-state index is -1.47. The van der Waals surface area contributed by atoms with Gasteiger partial charge in [-0.05, 0) is 12.5 Å². The summed E-state index contributed by atoms with van der Waals surface area (Å²) in [5, 5.41) is 11.3. The first kappa shape index (κ1) is 17.1. The summed E-state index contributed by atoms with van der Waals surface area (Å²) in [7, 11) is 2.93. The number of ether oxygens (including phenoxy) is 3. The number of methoxy groups -OCH3 is 2. The summed E-state index contributed by atoms with van der Waals surface area (Å²) in [5.41, 5.74) is 0.119. The normalized spacial score (nSPS) is 26.3. The predicted octanol–water partition coefficient (Wildman–Crippen LogP) is 2.99. The van der Waals surface area contributed by atoms with E-state index in [0.29, 0.717) is 23.5 Å². The lowest BCUT2D eigenvalue weighted by Gasteiger charge is -2.41. The van der Waals surface area contributed by atoms with Crippen LogP contribution in [-0.4, -0.2) is 35.7 Å². The molecule has 7 heteroatoms. The van der Waals surface area contributed by atoms with E-state index in [2.05, 4.69) is 4.98 Å². The number of halogens is 1. The Morgan fingerprint density at radius 3 is 2.77 bits per heavy atom. The van der Waals surface area contributed by atoms with Crippen LogP contribution in [0.5, 0.6) is 17.2 Å². The number of hydrogen-bond donors (Lipinski definition) is 1. The molecule has 0 amide bonds. The fourth-order valence-corrected chi connectivity index (χ4v) is 4.20. The van der Waals surface area contributed by atoms with Crippen LogP contribution in [0.4, 0.5) is 0 Å². The van der Waals surface area contributed by atoms with E-state index >= 15 is 0 Å². The largest absolute Gasteiger partial charge is 0.496 e. The maximum Gasteiger partial charge on any atom is 0.217 e. The summed E-state index contributed by atoms with van der Waals surface area (Å²) in [6.07, 6.45) is 1.01. The summed E-state index contributed by atoms with van der Waals surface area (Å²) in [6.45, 7) is 1.86. The van der Waals surface area contributed by atoms with Gasteiger partial charge in [-0.25, -0.2) is 0 Å². The van der Waals surface area contributed by atoms with Crippen molar-refractivity contribution in [3.8, 4) is 17.2 Å². The van der Waals surface area contributed by atoms with Gasteiger partial charge in [0.2, 0.25) is 11.4 Å². The zero-order valence-electron chi connectivity index (χ0n) is 14.6. The third kappa shape index (κ3) is 2.03. The van der Waals surface area contributed by atoms with Crippen molar-refractivity contribution in [2.45, 2.75) is 25.0 Å². The molecule has 136 valence electrons. The molecule has 2 aromatic rings. The minimum Gasteiger partial charge on any atom is -0.496 e. The average molecular weight is 376 g/mol. The van der Waals surface area contributed by atoms with Crippen molar-refractivity contribution in [2.24, 2.45) is 5.92 Å². The number of carbonyl (C=O) groups excluding carboxylic acids is 1. The quantitative estimate of drug-likeness (QED) is 0.869. The van der Waals surface area contributed by atoms with E-state index in [1.165, 1.54) is 14.2 Å². The van der Waals surface area contributed by atoms with E-state index in [9.17, 15) is 9.90 Å². The highest BCUT2D eigenvalue weighted by Gasteiger charge is 2.61. The standard InChI is InChI=1S/C19H18ClNO5/c1-9-7-11-10(5-4-6-21-11)17(22)19(9)18(23)14-12(24-2)8-13(25-3)15(20)16(14)26-19/h4-6,8-9,17,22H,7H2,1-3H3. The predicted molar refractivity (Wildman–Crippen MR) is 94.3 cm³/mol. The molecule has 3 unspecified atom stereocenters. The van der Waals surface area contributed by atoms with Gasteiger partial charge >= 0.3 is 0 Å². The SMILES string of the molecule is COc1cc(OC)c2c(c1Cl)OC1(C2=O)C(C)Cc2ncccc2C1O. The Kier molecular flexibility index (Phi) is 3.86. The Balaban J connectivity index is 1.92. The number of fused-ring (bicyclic) bond motifs is 2. The van der Waals surface area contributed by atoms with E-state index in [0.717, 1.165) is 5.69 Å². The Morgan fingerprint density at radius 2 is 2.08 bits per heavy atom. The van der Waals surface area contributed by atoms with E-state index in [4.69, 9.17) is 25.8 Å². The van der Waals surface area contributed by atoms with E-state index in [-0.39, 0.29) is 28.0 Å². The van der Waals surface area contributed by atoms with Gasteiger partial charge in [-0.2, -0.15) is 0 Å². The number of aliphatic hydroxyl groups is 1. The molecular formula is C19H18ClNO5. The number of pyridine rings is 1. The average Bonchev–Trinajstić information content (AvgIpc) is 2.96. The Labute approximate surface area is 155 Å². The highest BCUT2D eigenvalue weighted by Crippen LogP contribution is 2.56. The fraction of sp³-hybridized carbons (Fsp3) is 0.368. The number of carbonyl (C=O) groups is 1. The molecule has 0 saturated carbocycles. The first-order valence-corrected chi connectivity index (χ1v) is 8.63. The molecule has 0 fully saturated rings. The smallest absolute Gasteiger partial charge is 0.217 e. The van der Waals surface area contributed by atoms with Crippen molar-refractivity contribution in [3.05, 3.63) is 46.2 Å².